The topological polar surface area (TPSA) is 29.5 Å². The van der Waals surface area contributed by atoms with E-state index in [1.165, 1.54) is 5.69 Å². The standard InChI is InChI=1S/C20H22N2O/c23-20-18(13-15-22(20)17-10-5-2-6-11-17)19-12-7-14-21(19)16-8-3-1-4-9-16/h1-6,8-11,19,23H,7,12-15H2/p-1. The molecule has 3 heteroatoms. The summed E-state index contributed by atoms with van der Waals surface area (Å²) in [6, 6.07) is 20.7. The number of hydrogen-bond donors (Lipinski definition) is 0. The Kier molecular flexibility index (Phi) is 3.70. The Hall–Kier alpha value is -2.42. The second-order valence-corrected chi connectivity index (χ2v) is 6.25. The molecule has 23 heavy (non-hydrogen) atoms. The molecule has 0 saturated carbocycles. The first-order valence-electron chi connectivity index (χ1n) is 8.39. The van der Waals surface area contributed by atoms with Crippen molar-refractivity contribution in [2.24, 2.45) is 0 Å². The summed E-state index contributed by atoms with van der Waals surface area (Å²) in [6.07, 6.45) is 3.11. The van der Waals surface area contributed by atoms with Gasteiger partial charge in [-0.1, -0.05) is 36.4 Å². The molecule has 0 aromatic heterocycles. The maximum absolute atomic E-state index is 12.9. The Morgan fingerprint density at radius 1 is 0.826 bits per heavy atom. The maximum Gasteiger partial charge on any atom is 0.0514 e. The normalized spacial score (nSPS) is 21.3. The van der Waals surface area contributed by atoms with Crippen LogP contribution in [0, 0.1) is 0 Å². The second kappa shape index (κ2) is 5.99. The molecule has 4 rings (SSSR count). The summed E-state index contributed by atoms with van der Waals surface area (Å²) in [5, 5.41) is 12.9. The highest BCUT2D eigenvalue weighted by Crippen LogP contribution is 2.36. The Balaban J connectivity index is 1.63. The van der Waals surface area contributed by atoms with Gasteiger partial charge in [0.25, 0.3) is 0 Å². The largest absolute Gasteiger partial charge is 0.860 e. The van der Waals surface area contributed by atoms with E-state index < -0.39 is 0 Å². The Morgan fingerprint density at radius 3 is 2.17 bits per heavy atom. The van der Waals surface area contributed by atoms with Gasteiger partial charge >= 0.3 is 0 Å². The first kappa shape index (κ1) is 14.2. The van der Waals surface area contributed by atoms with E-state index >= 15 is 0 Å². The summed E-state index contributed by atoms with van der Waals surface area (Å²) in [5.74, 6) is 0.212. The van der Waals surface area contributed by atoms with E-state index in [9.17, 15) is 5.11 Å². The molecule has 1 saturated heterocycles. The van der Waals surface area contributed by atoms with Crippen molar-refractivity contribution in [3.8, 4) is 0 Å². The lowest BCUT2D eigenvalue weighted by atomic mass is 10.0. The SMILES string of the molecule is [O-]C1=C(C2CCCN2c2ccccc2)CCN1c1ccccc1. The van der Waals surface area contributed by atoms with Crippen molar-refractivity contribution in [2.75, 3.05) is 22.9 Å². The van der Waals surface area contributed by atoms with E-state index in [0.29, 0.717) is 0 Å². The molecular formula is C20H21N2O-. The van der Waals surface area contributed by atoms with Gasteiger partial charge in [0, 0.05) is 24.5 Å². The Morgan fingerprint density at radius 2 is 1.48 bits per heavy atom. The lowest BCUT2D eigenvalue weighted by Crippen LogP contribution is -2.33. The van der Waals surface area contributed by atoms with Crippen LogP contribution < -0.4 is 14.9 Å². The molecule has 0 bridgehead atoms. The van der Waals surface area contributed by atoms with Crippen LogP contribution in [0.5, 0.6) is 0 Å². The molecule has 118 valence electrons. The van der Waals surface area contributed by atoms with Crippen molar-refractivity contribution < 1.29 is 5.11 Å². The van der Waals surface area contributed by atoms with E-state index in [1.807, 2.05) is 41.3 Å². The highest BCUT2D eigenvalue weighted by Gasteiger charge is 2.31. The van der Waals surface area contributed by atoms with Gasteiger partial charge in [-0.15, -0.1) is 0 Å². The first-order valence-corrected chi connectivity index (χ1v) is 8.39. The molecule has 1 unspecified atom stereocenters. The van der Waals surface area contributed by atoms with Crippen LogP contribution in [0.15, 0.2) is 72.1 Å². The van der Waals surface area contributed by atoms with E-state index in [2.05, 4.69) is 29.2 Å². The summed E-state index contributed by atoms with van der Waals surface area (Å²) < 4.78 is 0. The van der Waals surface area contributed by atoms with Crippen molar-refractivity contribution in [1.29, 1.82) is 0 Å². The summed E-state index contributed by atoms with van der Waals surface area (Å²) in [7, 11) is 0. The third kappa shape index (κ3) is 2.56. The van der Waals surface area contributed by atoms with Crippen LogP contribution in [0.25, 0.3) is 0 Å². The van der Waals surface area contributed by atoms with Gasteiger partial charge in [0.1, 0.15) is 0 Å². The van der Waals surface area contributed by atoms with E-state index in [0.717, 1.165) is 43.6 Å². The predicted octanol–water partition coefficient (Wildman–Crippen LogP) is 3.14. The van der Waals surface area contributed by atoms with Crippen LogP contribution in [-0.4, -0.2) is 19.1 Å². The Labute approximate surface area is 137 Å². The van der Waals surface area contributed by atoms with Gasteiger partial charge in [-0.25, -0.2) is 0 Å². The molecule has 1 fully saturated rings. The van der Waals surface area contributed by atoms with Gasteiger partial charge in [-0.3, -0.25) is 0 Å². The number of rotatable bonds is 3. The number of benzene rings is 2. The monoisotopic (exact) mass is 305 g/mol. The van der Waals surface area contributed by atoms with Crippen molar-refractivity contribution in [3.63, 3.8) is 0 Å². The van der Waals surface area contributed by atoms with Gasteiger partial charge in [0.2, 0.25) is 0 Å². The quantitative estimate of drug-likeness (QED) is 0.872. The molecule has 1 atom stereocenters. The fourth-order valence-corrected chi connectivity index (χ4v) is 3.84. The highest BCUT2D eigenvalue weighted by atomic mass is 16.3. The zero-order valence-electron chi connectivity index (χ0n) is 13.2. The van der Waals surface area contributed by atoms with Gasteiger partial charge in [0.05, 0.1) is 6.04 Å². The number of para-hydroxylation sites is 2. The minimum absolute atomic E-state index is 0.212. The Bertz CT molecular complexity index is 696. The van der Waals surface area contributed by atoms with Crippen molar-refractivity contribution in [1.82, 2.24) is 0 Å². The molecule has 2 aliphatic heterocycles. The zero-order chi connectivity index (χ0) is 15.6. The van der Waals surface area contributed by atoms with Crippen LogP contribution in [0.2, 0.25) is 0 Å². The lowest BCUT2D eigenvalue weighted by Gasteiger charge is -2.31. The van der Waals surface area contributed by atoms with Crippen molar-refractivity contribution in [3.05, 3.63) is 72.1 Å². The van der Waals surface area contributed by atoms with E-state index in [1.54, 1.807) is 0 Å². The van der Waals surface area contributed by atoms with Crippen LogP contribution in [-0.2, 0) is 0 Å². The van der Waals surface area contributed by atoms with Gasteiger partial charge in [0.15, 0.2) is 0 Å². The average Bonchev–Trinajstić information content (AvgIpc) is 3.23. The summed E-state index contributed by atoms with van der Waals surface area (Å²) >= 11 is 0. The first-order chi connectivity index (χ1) is 11.3. The van der Waals surface area contributed by atoms with E-state index in [-0.39, 0.29) is 11.9 Å². The lowest BCUT2D eigenvalue weighted by molar-refractivity contribution is -0.305. The maximum atomic E-state index is 12.9. The smallest absolute Gasteiger partial charge is 0.0514 e. The molecule has 0 amide bonds. The summed E-state index contributed by atoms with van der Waals surface area (Å²) in [4.78, 5) is 4.33. The molecular weight excluding hydrogens is 284 g/mol. The summed E-state index contributed by atoms with van der Waals surface area (Å²) in [5.41, 5.74) is 3.32. The molecule has 2 heterocycles. The van der Waals surface area contributed by atoms with Crippen molar-refractivity contribution in [2.45, 2.75) is 25.3 Å². The van der Waals surface area contributed by atoms with E-state index in [4.69, 9.17) is 0 Å². The van der Waals surface area contributed by atoms with Gasteiger partial charge in [-0.05, 0) is 55.0 Å². The molecule has 2 aliphatic rings. The third-order valence-electron chi connectivity index (χ3n) is 4.94. The minimum atomic E-state index is 0.212. The van der Waals surface area contributed by atoms with Gasteiger partial charge < -0.3 is 14.9 Å². The molecule has 2 aromatic carbocycles. The third-order valence-corrected chi connectivity index (χ3v) is 4.94. The zero-order valence-corrected chi connectivity index (χ0v) is 13.2. The minimum Gasteiger partial charge on any atom is -0.860 e. The molecule has 0 radical (unpaired) electrons. The number of hydrogen-bond acceptors (Lipinski definition) is 3. The molecule has 0 N–H and O–H groups in total. The molecule has 0 aliphatic carbocycles. The molecule has 0 spiro atoms. The average molecular weight is 305 g/mol. The van der Waals surface area contributed by atoms with Crippen LogP contribution in [0.1, 0.15) is 19.3 Å². The predicted molar refractivity (Wildman–Crippen MR) is 92.2 cm³/mol. The molecule has 3 nitrogen and oxygen atoms in total. The highest BCUT2D eigenvalue weighted by molar-refractivity contribution is 5.56. The molecule has 2 aromatic rings. The number of nitrogens with zero attached hydrogens (tertiary/aromatic N) is 2. The van der Waals surface area contributed by atoms with Crippen LogP contribution in [0.4, 0.5) is 11.4 Å². The van der Waals surface area contributed by atoms with Gasteiger partial charge in [-0.2, -0.15) is 0 Å². The van der Waals surface area contributed by atoms with Crippen molar-refractivity contribution >= 4 is 11.4 Å². The summed E-state index contributed by atoms with van der Waals surface area (Å²) in [6.45, 7) is 1.84. The fraction of sp³-hybridized carbons (Fsp3) is 0.300. The van der Waals surface area contributed by atoms with Crippen LogP contribution >= 0.6 is 0 Å². The van der Waals surface area contributed by atoms with Crippen LogP contribution in [0.3, 0.4) is 0 Å². The second-order valence-electron chi connectivity index (χ2n) is 6.25. The fourth-order valence-electron chi connectivity index (χ4n) is 3.84. The number of anilines is 2.